The van der Waals surface area contributed by atoms with Crippen LogP contribution in [0.3, 0.4) is 0 Å². The molecule has 4 heteroatoms. The molecule has 3 nitrogen and oxygen atoms in total. The van der Waals surface area contributed by atoms with Gasteiger partial charge in [-0.15, -0.1) is 0 Å². The number of anilines is 1. The molecule has 0 amide bonds. The van der Waals surface area contributed by atoms with Crippen LogP contribution in [-0.2, 0) is 0 Å². The third kappa shape index (κ3) is 3.63. The van der Waals surface area contributed by atoms with E-state index in [0.29, 0.717) is 10.9 Å². The van der Waals surface area contributed by atoms with Crippen LogP contribution in [0.4, 0.5) is 5.69 Å². The molecule has 1 atom stereocenters. The van der Waals surface area contributed by atoms with Gasteiger partial charge in [0.05, 0.1) is 0 Å². The first-order chi connectivity index (χ1) is 7.95. The molecule has 3 N–H and O–H groups in total. The minimum absolute atomic E-state index is 0.0765. The van der Waals surface area contributed by atoms with E-state index >= 15 is 0 Å². The quantitative estimate of drug-likeness (QED) is 0.626. The summed E-state index contributed by atoms with van der Waals surface area (Å²) in [6.45, 7) is 5.30. The van der Waals surface area contributed by atoms with Gasteiger partial charge in [0.25, 0.3) is 0 Å². The Morgan fingerprint density at radius 3 is 2.71 bits per heavy atom. The maximum Gasteiger partial charge on any atom is 0.124 e. The van der Waals surface area contributed by atoms with Gasteiger partial charge in [0.1, 0.15) is 5.84 Å². The summed E-state index contributed by atoms with van der Waals surface area (Å²) in [5.74, 6) is 0.673. The van der Waals surface area contributed by atoms with Crippen LogP contribution in [0.1, 0.15) is 25.8 Å². The Bertz CT molecular complexity index is 404. The molecule has 1 rings (SSSR count). The topological polar surface area (TPSA) is 53.1 Å². The van der Waals surface area contributed by atoms with E-state index in [1.54, 1.807) is 12.1 Å². The van der Waals surface area contributed by atoms with Crippen molar-refractivity contribution in [1.82, 2.24) is 0 Å². The maximum absolute atomic E-state index is 7.58. The fraction of sp³-hybridized carbons (Fsp3) is 0.462. The van der Waals surface area contributed by atoms with Crippen molar-refractivity contribution in [2.75, 3.05) is 18.5 Å². The Morgan fingerprint density at radius 1 is 1.53 bits per heavy atom. The SMILES string of the molecule is CCC(C)CN(C)c1cc(Cl)ccc1C(=N)N. The first-order valence-corrected chi connectivity index (χ1v) is 6.18. The van der Waals surface area contributed by atoms with Gasteiger partial charge in [-0.05, 0) is 24.1 Å². The van der Waals surface area contributed by atoms with E-state index in [9.17, 15) is 0 Å². The van der Waals surface area contributed by atoms with Crippen LogP contribution in [-0.4, -0.2) is 19.4 Å². The molecule has 0 bridgehead atoms. The van der Waals surface area contributed by atoms with Gasteiger partial charge in [0, 0.05) is 29.9 Å². The molecule has 0 heterocycles. The van der Waals surface area contributed by atoms with Crippen LogP contribution in [0.5, 0.6) is 0 Å². The summed E-state index contributed by atoms with van der Waals surface area (Å²) >= 11 is 6.00. The molecule has 0 saturated heterocycles. The third-order valence-electron chi connectivity index (χ3n) is 2.94. The van der Waals surface area contributed by atoms with E-state index in [0.717, 1.165) is 24.2 Å². The van der Waals surface area contributed by atoms with Crippen molar-refractivity contribution in [3.05, 3.63) is 28.8 Å². The molecule has 1 unspecified atom stereocenters. The highest BCUT2D eigenvalue weighted by Crippen LogP contribution is 2.24. The summed E-state index contributed by atoms with van der Waals surface area (Å²) in [6.07, 6.45) is 1.13. The van der Waals surface area contributed by atoms with E-state index in [-0.39, 0.29) is 5.84 Å². The van der Waals surface area contributed by atoms with Crippen molar-refractivity contribution in [3.63, 3.8) is 0 Å². The van der Waals surface area contributed by atoms with Gasteiger partial charge < -0.3 is 10.6 Å². The zero-order valence-electron chi connectivity index (χ0n) is 10.6. The van der Waals surface area contributed by atoms with Crippen molar-refractivity contribution in [2.24, 2.45) is 11.7 Å². The van der Waals surface area contributed by atoms with Gasteiger partial charge in [-0.1, -0.05) is 31.9 Å². The Labute approximate surface area is 108 Å². The van der Waals surface area contributed by atoms with E-state index < -0.39 is 0 Å². The lowest BCUT2D eigenvalue weighted by atomic mass is 10.1. The molecule has 0 spiro atoms. The molecular formula is C13H20ClN3. The number of nitrogens with one attached hydrogen (secondary N) is 1. The Kier molecular flexibility index (Phi) is 4.82. The monoisotopic (exact) mass is 253 g/mol. The van der Waals surface area contributed by atoms with E-state index in [2.05, 4.69) is 18.7 Å². The van der Waals surface area contributed by atoms with Crippen LogP contribution >= 0.6 is 11.6 Å². The molecular weight excluding hydrogens is 234 g/mol. The first kappa shape index (κ1) is 13.8. The van der Waals surface area contributed by atoms with Crippen LogP contribution in [0.25, 0.3) is 0 Å². The lowest BCUT2D eigenvalue weighted by Gasteiger charge is -2.25. The summed E-state index contributed by atoms with van der Waals surface area (Å²) in [5, 5.41) is 8.24. The molecule has 0 radical (unpaired) electrons. The van der Waals surface area contributed by atoms with Crippen molar-refractivity contribution in [2.45, 2.75) is 20.3 Å². The summed E-state index contributed by atoms with van der Waals surface area (Å²) in [4.78, 5) is 2.11. The smallest absolute Gasteiger partial charge is 0.124 e. The molecule has 94 valence electrons. The highest BCUT2D eigenvalue weighted by atomic mass is 35.5. The molecule has 1 aromatic rings. The van der Waals surface area contributed by atoms with Crippen molar-refractivity contribution in [3.8, 4) is 0 Å². The predicted octanol–water partition coefficient (Wildman–Crippen LogP) is 3.11. The third-order valence-corrected chi connectivity index (χ3v) is 3.18. The number of hydrogen-bond acceptors (Lipinski definition) is 2. The number of nitrogen functional groups attached to an aromatic ring is 1. The van der Waals surface area contributed by atoms with Crippen LogP contribution in [0, 0.1) is 11.3 Å². The molecule has 0 aliphatic rings. The summed E-state index contributed by atoms with van der Waals surface area (Å²) in [7, 11) is 2.00. The Balaban J connectivity index is 3.02. The first-order valence-electron chi connectivity index (χ1n) is 5.80. The highest BCUT2D eigenvalue weighted by molar-refractivity contribution is 6.31. The van der Waals surface area contributed by atoms with Gasteiger partial charge in [0.2, 0.25) is 0 Å². The number of benzene rings is 1. The zero-order chi connectivity index (χ0) is 13.0. The van der Waals surface area contributed by atoms with Crippen molar-refractivity contribution >= 4 is 23.1 Å². The molecule has 0 fully saturated rings. The largest absolute Gasteiger partial charge is 0.384 e. The summed E-state index contributed by atoms with van der Waals surface area (Å²) in [6, 6.07) is 5.42. The van der Waals surface area contributed by atoms with Crippen molar-refractivity contribution in [1.29, 1.82) is 5.41 Å². The normalized spacial score (nSPS) is 12.2. The Hall–Kier alpha value is -1.22. The molecule has 0 aliphatic carbocycles. The molecule has 1 aromatic carbocycles. The molecule has 17 heavy (non-hydrogen) atoms. The van der Waals surface area contributed by atoms with Gasteiger partial charge in [-0.3, -0.25) is 5.41 Å². The van der Waals surface area contributed by atoms with Gasteiger partial charge >= 0.3 is 0 Å². The lowest BCUT2D eigenvalue weighted by Crippen LogP contribution is -2.26. The standard InChI is InChI=1S/C13H20ClN3/c1-4-9(2)8-17(3)12-7-10(14)5-6-11(12)13(15)16/h5-7,9H,4,8H2,1-3H3,(H3,15,16). The molecule has 0 aromatic heterocycles. The van der Waals surface area contributed by atoms with Gasteiger partial charge in [0.15, 0.2) is 0 Å². The second-order valence-corrected chi connectivity index (χ2v) is 4.91. The fourth-order valence-corrected chi connectivity index (χ4v) is 1.91. The van der Waals surface area contributed by atoms with E-state index in [4.69, 9.17) is 22.7 Å². The Morgan fingerprint density at radius 2 is 2.18 bits per heavy atom. The maximum atomic E-state index is 7.58. The van der Waals surface area contributed by atoms with Gasteiger partial charge in [-0.2, -0.15) is 0 Å². The number of amidine groups is 1. The number of hydrogen-bond donors (Lipinski definition) is 2. The fourth-order valence-electron chi connectivity index (χ4n) is 1.74. The lowest BCUT2D eigenvalue weighted by molar-refractivity contribution is 0.560. The van der Waals surface area contributed by atoms with Gasteiger partial charge in [-0.25, -0.2) is 0 Å². The minimum Gasteiger partial charge on any atom is -0.384 e. The van der Waals surface area contributed by atoms with Crippen molar-refractivity contribution < 1.29 is 0 Å². The number of nitrogens with zero attached hydrogens (tertiary/aromatic N) is 1. The van der Waals surface area contributed by atoms with E-state index in [1.165, 1.54) is 0 Å². The number of halogens is 1. The summed E-state index contributed by atoms with van der Waals surface area (Å²) in [5.41, 5.74) is 7.24. The molecule has 0 saturated carbocycles. The zero-order valence-corrected chi connectivity index (χ0v) is 11.4. The summed E-state index contributed by atoms with van der Waals surface area (Å²) < 4.78 is 0. The second-order valence-electron chi connectivity index (χ2n) is 4.47. The van der Waals surface area contributed by atoms with E-state index in [1.807, 2.05) is 13.1 Å². The average Bonchev–Trinajstić information content (AvgIpc) is 2.28. The average molecular weight is 254 g/mol. The van der Waals surface area contributed by atoms with Crippen LogP contribution < -0.4 is 10.6 Å². The molecule has 0 aliphatic heterocycles. The number of rotatable bonds is 5. The van der Waals surface area contributed by atoms with Crippen LogP contribution in [0.2, 0.25) is 5.02 Å². The second kappa shape index (κ2) is 5.92. The minimum atomic E-state index is 0.0765. The predicted molar refractivity (Wildman–Crippen MR) is 75.2 cm³/mol. The number of nitrogens with two attached hydrogens (primary N) is 1. The van der Waals surface area contributed by atoms with Crippen LogP contribution in [0.15, 0.2) is 18.2 Å². The highest BCUT2D eigenvalue weighted by Gasteiger charge is 2.12.